The Kier molecular flexibility index (Phi) is 3.99. The summed E-state index contributed by atoms with van der Waals surface area (Å²) in [6, 6.07) is 11.1. The van der Waals surface area contributed by atoms with Crippen LogP contribution >= 0.6 is 0 Å². The van der Waals surface area contributed by atoms with Crippen molar-refractivity contribution in [1.82, 2.24) is 4.98 Å². The molecule has 4 heteroatoms. The zero-order chi connectivity index (χ0) is 14.7. The summed E-state index contributed by atoms with van der Waals surface area (Å²) in [5.74, 6) is -0.279. The normalized spacial score (nSPS) is 12.2. The number of rotatable bonds is 3. The third kappa shape index (κ3) is 2.77. The first-order chi connectivity index (χ1) is 9.52. The molecule has 1 heterocycles. The number of ether oxygens (including phenoxy) is 1. The highest BCUT2D eigenvalue weighted by Gasteiger charge is 2.17. The van der Waals surface area contributed by atoms with Crippen molar-refractivity contribution in [3.63, 3.8) is 0 Å². The Morgan fingerprint density at radius 1 is 1.30 bits per heavy atom. The van der Waals surface area contributed by atoms with Gasteiger partial charge in [-0.15, -0.1) is 0 Å². The number of nitriles is 1. The smallest absolute Gasteiger partial charge is 0.340 e. The number of aromatic nitrogens is 1. The van der Waals surface area contributed by atoms with E-state index >= 15 is 0 Å². The van der Waals surface area contributed by atoms with E-state index in [1.165, 1.54) is 0 Å². The van der Waals surface area contributed by atoms with Gasteiger partial charge in [-0.05, 0) is 25.0 Å². The van der Waals surface area contributed by atoms with Crippen molar-refractivity contribution in [1.29, 1.82) is 5.26 Å². The van der Waals surface area contributed by atoms with Gasteiger partial charge in [-0.2, -0.15) is 5.26 Å². The topological polar surface area (TPSA) is 63.0 Å². The number of fused-ring (bicyclic) bond motifs is 1. The molecule has 0 saturated heterocycles. The molecule has 0 unspecified atom stereocenters. The summed E-state index contributed by atoms with van der Waals surface area (Å²) in [6.45, 7) is 5.58. The molecule has 0 aliphatic rings. The van der Waals surface area contributed by atoms with Crippen LogP contribution in [0.25, 0.3) is 10.9 Å². The maximum Gasteiger partial charge on any atom is 0.340 e. The molecule has 0 fully saturated rings. The summed E-state index contributed by atoms with van der Waals surface area (Å²) in [5, 5.41) is 9.49. The van der Waals surface area contributed by atoms with Crippen LogP contribution in [0.15, 0.2) is 30.3 Å². The van der Waals surface area contributed by atoms with Crippen LogP contribution in [0.2, 0.25) is 0 Å². The molecule has 0 N–H and O–H groups in total. The van der Waals surface area contributed by atoms with Crippen LogP contribution < -0.4 is 0 Å². The predicted molar refractivity (Wildman–Crippen MR) is 76.3 cm³/mol. The fourth-order valence-corrected chi connectivity index (χ4v) is 1.91. The van der Waals surface area contributed by atoms with Gasteiger partial charge in [0.15, 0.2) is 6.10 Å². The van der Waals surface area contributed by atoms with E-state index in [0.29, 0.717) is 5.56 Å². The maximum absolute atomic E-state index is 12.2. The third-order valence-electron chi connectivity index (χ3n) is 3.01. The Balaban J connectivity index is 2.55. The number of hydrogen-bond acceptors (Lipinski definition) is 4. The van der Waals surface area contributed by atoms with Gasteiger partial charge in [0, 0.05) is 11.1 Å². The summed E-state index contributed by atoms with van der Waals surface area (Å²) in [5.41, 5.74) is 2.05. The molecule has 1 aromatic carbocycles. The lowest BCUT2D eigenvalue weighted by molar-refractivity contribution is 0.0437. The number of esters is 1. The highest BCUT2D eigenvalue weighted by atomic mass is 16.5. The van der Waals surface area contributed by atoms with Crippen molar-refractivity contribution in [2.75, 3.05) is 0 Å². The standard InChI is InChI=1S/C16H16N2O2/c1-10(2)15-8-13(16(19)20-11(3)9-17)12-6-4-5-7-14(12)18-15/h4-8,10-11H,1-3H3/t11-/m0/s1. The lowest BCUT2D eigenvalue weighted by Gasteiger charge is -2.12. The number of benzene rings is 1. The first kappa shape index (κ1) is 14.0. The van der Waals surface area contributed by atoms with Crippen LogP contribution in [0.5, 0.6) is 0 Å². The second kappa shape index (κ2) is 5.70. The third-order valence-corrected chi connectivity index (χ3v) is 3.01. The maximum atomic E-state index is 12.2. The largest absolute Gasteiger partial charge is 0.444 e. The molecule has 1 aromatic heterocycles. The predicted octanol–water partition coefficient (Wildman–Crippen LogP) is 3.43. The average Bonchev–Trinajstić information content (AvgIpc) is 2.45. The molecule has 2 rings (SSSR count). The number of hydrogen-bond donors (Lipinski definition) is 0. The lowest BCUT2D eigenvalue weighted by atomic mass is 10.0. The van der Waals surface area contributed by atoms with Crippen molar-refractivity contribution in [3.8, 4) is 6.07 Å². The van der Waals surface area contributed by atoms with E-state index in [-0.39, 0.29) is 5.92 Å². The Morgan fingerprint density at radius 2 is 2.00 bits per heavy atom. The first-order valence-electron chi connectivity index (χ1n) is 6.53. The molecule has 4 nitrogen and oxygen atoms in total. The van der Waals surface area contributed by atoms with Gasteiger partial charge in [0.2, 0.25) is 0 Å². The second-order valence-electron chi connectivity index (χ2n) is 4.94. The minimum atomic E-state index is -0.767. The van der Waals surface area contributed by atoms with Gasteiger partial charge in [-0.1, -0.05) is 32.0 Å². The van der Waals surface area contributed by atoms with E-state index < -0.39 is 12.1 Å². The molecule has 0 aliphatic carbocycles. The van der Waals surface area contributed by atoms with Crippen LogP contribution in [-0.2, 0) is 4.74 Å². The minimum absolute atomic E-state index is 0.208. The monoisotopic (exact) mass is 268 g/mol. The van der Waals surface area contributed by atoms with Gasteiger partial charge in [-0.25, -0.2) is 4.79 Å². The van der Waals surface area contributed by atoms with Crippen LogP contribution in [-0.4, -0.2) is 17.1 Å². The summed E-state index contributed by atoms with van der Waals surface area (Å²) in [6.07, 6.45) is -0.767. The van der Waals surface area contributed by atoms with E-state index in [4.69, 9.17) is 10.00 Å². The highest BCUT2D eigenvalue weighted by Crippen LogP contribution is 2.23. The van der Waals surface area contributed by atoms with E-state index in [1.54, 1.807) is 13.0 Å². The molecular formula is C16H16N2O2. The Bertz CT molecular complexity index is 686. The molecule has 102 valence electrons. The fraction of sp³-hybridized carbons (Fsp3) is 0.312. The van der Waals surface area contributed by atoms with E-state index in [1.807, 2.05) is 44.2 Å². The molecular weight excluding hydrogens is 252 g/mol. The first-order valence-corrected chi connectivity index (χ1v) is 6.53. The van der Waals surface area contributed by atoms with Crippen LogP contribution in [0.4, 0.5) is 0 Å². The minimum Gasteiger partial charge on any atom is -0.444 e. The van der Waals surface area contributed by atoms with E-state index in [2.05, 4.69) is 4.98 Å². The van der Waals surface area contributed by atoms with Gasteiger partial charge in [-0.3, -0.25) is 4.98 Å². The number of para-hydroxylation sites is 1. The Morgan fingerprint density at radius 3 is 2.65 bits per heavy atom. The lowest BCUT2D eigenvalue weighted by Crippen LogP contribution is -2.14. The van der Waals surface area contributed by atoms with Gasteiger partial charge in [0.25, 0.3) is 0 Å². The second-order valence-corrected chi connectivity index (χ2v) is 4.94. The zero-order valence-electron chi connectivity index (χ0n) is 11.8. The van der Waals surface area contributed by atoms with Crippen molar-refractivity contribution >= 4 is 16.9 Å². The van der Waals surface area contributed by atoms with E-state index in [0.717, 1.165) is 16.6 Å². The number of carbonyl (C=O) groups is 1. The van der Waals surface area contributed by atoms with Crippen LogP contribution in [0, 0.1) is 11.3 Å². The van der Waals surface area contributed by atoms with Crippen molar-refractivity contribution < 1.29 is 9.53 Å². The summed E-state index contributed by atoms with van der Waals surface area (Å²) < 4.78 is 5.10. The molecule has 0 radical (unpaired) electrons. The number of pyridine rings is 1. The zero-order valence-corrected chi connectivity index (χ0v) is 11.8. The molecule has 0 amide bonds. The molecule has 0 spiro atoms. The van der Waals surface area contributed by atoms with Gasteiger partial charge in [0.05, 0.1) is 11.1 Å². The van der Waals surface area contributed by atoms with Gasteiger partial charge >= 0.3 is 5.97 Å². The van der Waals surface area contributed by atoms with Gasteiger partial charge in [0.1, 0.15) is 6.07 Å². The molecule has 20 heavy (non-hydrogen) atoms. The van der Waals surface area contributed by atoms with Crippen molar-refractivity contribution in [2.45, 2.75) is 32.8 Å². The van der Waals surface area contributed by atoms with Gasteiger partial charge < -0.3 is 4.74 Å². The Labute approximate surface area is 118 Å². The summed E-state index contributed by atoms with van der Waals surface area (Å²) >= 11 is 0. The Hall–Kier alpha value is -2.41. The quantitative estimate of drug-likeness (QED) is 0.800. The number of carbonyl (C=O) groups excluding carboxylic acids is 1. The molecule has 1 atom stereocenters. The van der Waals surface area contributed by atoms with E-state index in [9.17, 15) is 4.79 Å². The number of nitrogens with zero attached hydrogens (tertiary/aromatic N) is 2. The molecule has 0 bridgehead atoms. The molecule has 0 saturated carbocycles. The average molecular weight is 268 g/mol. The van der Waals surface area contributed by atoms with Crippen LogP contribution in [0.3, 0.4) is 0 Å². The molecule has 0 aliphatic heterocycles. The van der Waals surface area contributed by atoms with Crippen LogP contribution in [0.1, 0.15) is 42.7 Å². The summed E-state index contributed by atoms with van der Waals surface area (Å²) in [4.78, 5) is 16.7. The highest BCUT2D eigenvalue weighted by molar-refractivity contribution is 6.03. The summed E-state index contributed by atoms with van der Waals surface area (Å²) in [7, 11) is 0. The van der Waals surface area contributed by atoms with Crippen molar-refractivity contribution in [3.05, 3.63) is 41.6 Å². The SMILES string of the molecule is CC(C)c1cc(C(=O)O[C@@H](C)C#N)c2ccccc2n1. The fourth-order valence-electron chi connectivity index (χ4n) is 1.91. The molecule has 2 aromatic rings. The van der Waals surface area contributed by atoms with Crippen molar-refractivity contribution in [2.24, 2.45) is 0 Å².